The third kappa shape index (κ3) is 6.23. The molecule has 0 aliphatic carbocycles. The molecule has 0 radical (unpaired) electrons. The molecule has 0 unspecified atom stereocenters. The summed E-state index contributed by atoms with van der Waals surface area (Å²) in [5, 5.41) is 2.13. The normalized spacial score (nSPS) is 11.3. The number of benzene rings is 8. The van der Waals surface area contributed by atoms with Crippen molar-refractivity contribution in [2.24, 2.45) is 0 Å². The Kier molecular flexibility index (Phi) is 8.34. The van der Waals surface area contributed by atoms with Crippen molar-refractivity contribution in [2.75, 3.05) is 0 Å². The molecule has 0 fully saturated rings. The number of furan rings is 1. The number of aromatic nitrogens is 3. The van der Waals surface area contributed by atoms with E-state index in [2.05, 4.69) is 153 Å². The summed E-state index contributed by atoms with van der Waals surface area (Å²) < 4.78 is 6.57. The SMILES string of the molecule is Cc1ccc(-c2ccc(-c3nc(-c4ccccc4)nc(-c4ccc5c(c4)oc4cccc(-c6ccc(-c7ccccc7)cc6)c45)n3)c(-c3ccccc3)c2)cc1. The third-order valence-electron chi connectivity index (χ3n) is 10.5. The van der Waals surface area contributed by atoms with E-state index in [0.717, 1.165) is 72.0 Å². The second-order valence-corrected chi connectivity index (χ2v) is 14.1. The van der Waals surface area contributed by atoms with E-state index in [4.69, 9.17) is 19.4 Å². The van der Waals surface area contributed by atoms with Gasteiger partial charge in [0.2, 0.25) is 0 Å². The summed E-state index contributed by atoms with van der Waals surface area (Å²) in [5.74, 6) is 1.79. The van der Waals surface area contributed by atoms with Gasteiger partial charge in [-0.1, -0.05) is 169 Å². The van der Waals surface area contributed by atoms with E-state index in [1.165, 1.54) is 16.7 Å². The smallest absolute Gasteiger partial charge is 0.164 e. The standard InChI is InChI=1S/C52H35N3O/c1-34-20-22-37(23-21-34)41-28-30-44(46(32-41)38-14-7-3-8-15-38)52-54-50(40-16-9-4-10-17-40)53-51(55-52)42-29-31-45-48(33-42)56-47-19-11-18-43(49(45)47)39-26-24-36(25-27-39)35-12-5-2-6-13-35/h2-33H,1H3. The molecule has 2 heterocycles. The van der Waals surface area contributed by atoms with Crippen LogP contribution >= 0.6 is 0 Å². The minimum atomic E-state index is 0.578. The van der Waals surface area contributed by atoms with Crippen molar-refractivity contribution in [2.45, 2.75) is 6.92 Å². The molecule has 0 atom stereocenters. The molecule has 10 rings (SSSR count). The van der Waals surface area contributed by atoms with Gasteiger partial charge in [0, 0.05) is 27.5 Å². The Hall–Kier alpha value is -7.43. The van der Waals surface area contributed by atoms with Crippen LogP contribution in [0.25, 0.3) is 101 Å². The van der Waals surface area contributed by atoms with E-state index in [1.807, 2.05) is 48.5 Å². The largest absolute Gasteiger partial charge is 0.456 e. The van der Waals surface area contributed by atoms with Gasteiger partial charge >= 0.3 is 0 Å². The number of hydrogen-bond donors (Lipinski definition) is 0. The summed E-state index contributed by atoms with van der Waals surface area (Å²) >= 11 is 0. The highest BCUT2D eigenvalue weighted by Crippen LogP contribution is 2.40. The molecular weight excluding hydrogens is 683 g/mol. The van der Waals surface area contributed by atoms with Crippen LogP contribution in [-0.4, -0.2) is 15.0 Å². The predicted octanol–water partition coefficient (Wildman–Crippen LogP) is 13.7. The van der Waals surface area contributed by atoms with Gasteiger partial charge < -0.3 is 4.42 Å². The van der Waals surface area contributed by atoms with E-state index in [9.17, 15) is 0 Å². The molecule has 0 amide bonds. The first-order chi connectivity index (χ1) is 27.6. The van der Waals surface area contributed by atoms with Gasteiger partial charge in [-0.3, -0.25) is 0 Å². The van der Waals surface area contributed by atoms with Gasteiger partial charge in [-0.25, -0.2) is 15.0 Å². The van der Waals surface area contributed by atoms with Crippen LogP contribution in [0.5, 0.6) is 0 Å². The fourth-order valence-corrected chi connectivity index (χ4v) is 7.54. The number of aryl methyl sites for hydroxylation is 1. The van der Waals surface area contributed by atoms with Gasteiger partial charge in [0.05, 0.1) is 0 Å². The summed E-state index contributed by atoms with van der Waals surface area (Å²) in [6.45, 7) is 2.11. The van der Waals surface area contributed by atoms with Gasteiger partial charge in [-0.05, 0) is 81.8 Å². The lowest BCUT2D eigenvalue weighted by atomic mass is 9.94. The van der Waals surface area contributed by atoms with Gasteiger partial charge in [0.25, 0.3) is 0 Å². The van der Waals surface area contributed by atoms with Crippen LogP contribution in [0.2, 0.25) is 0 Å². The summed E-state index contributed by atoms with van der Waals surface area (Å²) in [5.41, 5.74) is 14.6. The number of fused-ring (bicyclic) bond motifs is 3. The zero-order valence-corrected chi connectivity index (χ0v) is 30.7. The first-order valence-electron chi connectivity index (χ1n) is 18.8. The first kappa shape index (κ1) is 33.2. The molecule has 4 nitrogen and oxygen atoms in total. The maximum absolute atomic E-state index is 6.57. The summed E-state index contributed by atoms with van der Waals surface area (Å²) in [6.07, 6.45) is 0. The number of nitrogens with zero attached hydrogens (tertiary/aromatic N) is 3. The Labute approximate surface area is 325 Å². The minimum Gasteiger partial charge on any atom is -0.456 e. The lowest BCUT2D eigenvalue weighted by Crippen LogP contribution is -2.01. The van der Waals surface area contributed by atoms with Crippen molar-refractivity contribution in [3.8, 4) is 78.7 Å². The Balaban J connectivity index is 1.10. The highest BCUT2D eigenvalue weighted by Gasteiger charge is 2.19. The second kappa shape index (κ2) is 14.1. The van der Waals surface area contributed by atoms with Gasteiger partial charge in [-0.15, -0.1) is 0 Å². The van der Waals surface area contributed by atoms with Crippen molar-refractivity contribution in [1.82, 2.24) is 15.0 Å². The quantitative estimate of drug-likeness (QED) is 0.165. The molecule has 0 bridgehead atoms. The second-order valence-electron chi connectivity index (χ2n) is 14.1. The topological polar surface area (TPSA) is 51.8 Å². The Morgan fingerprint density at radius 1 is 0.321 bits per heavy atom. The fraction of sp³-hybridized carbons (Fsp3) is 0.0192. The zero-order chi connectivity index (χ0) is 37.4. The molecule has 0 aliphatic heterocycles. The molecular formula is C52H35N3O. The lowest BCUT2D eigenvalue weighted by Gasteiger charge is -2.14. The van der Waals surface area contributed by atoms with Crippen LogP contribution in [0.4, 0.5) is 0 Å². The summed E-state index contributed by atoms with van der Waals surface area (Å²) in [6, 6.07) is 67.5. The van der Waals surface area contributed by atoms with Crippen molar-refractivity contribution < 1.29 is 4.42 Å². The number of rotatable bonds is 7. The van der Waals surface area contributed by atoms with E-state index < -0.39 is 0 Å². The summed E-state index contributed by atoms with van der Waals surface area (Å²) in [4.78, 5) is 15.4. The maximum atomic E-state index is 6.57. The van der Waals surface area contributed by atoms with Crippen molar-refractivity contribution >= 4 is 21.9 Å². The van der Waals surface area contributed by atoms with Crippen LogP contribution < -0.4 is 0 Å². The predicted molar refractivity (Wildman–Crippen MR) is 230 cm³/mol. The molecule has 56 heavy (non-hydrogen) atoms. The van der Waals surface area contributed by atoms with E-state index in [1.54, 1.807) is 0 Å². The summed E-state index contributed by atoms with van der Waals surface area (Å²) in [7, 11) is 0. The molecule has 4 heteroatoms. The molecule has 8 aromatic carbocycles. The highest BCUT2D eigenvalue weighted by molar-refractivity contribution is 6.13. The average Bonchev–Trinajstić information content (AvgIpc) is 3.66. The van der Waals surface area contributed by atoms with Crippen LogP contribution in [-0.2, 0) is 0 Å². The Morgan fingerprint density at radius 2 is 0.839 bits per heavy atom. The van der Waals surface area contributed by atoms with Crippen molar-refractivity contribution in [3.63, 3.8) is 0 Å². The molecule has 0 N–H and O–H groups in total. The van der Waals surface area contributed by atoms with Crippen LogP contribution in [0.1, 0.15) is 5.56 Å². The fourth-order valence-electron chi connectivity index (χ4n) is 7.54. The van der Waals surface area contributed by atoms with E-state index >= 15 is 0 Å². The van der Waals surface area contributed by atoms with E-state index in [-0.39, 0.29) is 0 Å². The van der Waals surface area contributed by atoms with E-state index in [0.29, 0.717) is 17.5 Å². The van der Waals surface area contributed by atoms with Crippen molar-refractivity contribution in [3.05, 3.63) is 200 Å². The minimum absolute atomic E-state index is 0.578. The Morgan fingerprint density at radius 3 is 1.55 bits per heavy atom. The molecule has 0 aliphatic rings. The molecule has 10 aromatic rings. The highest BCUT2D eigenvalue weighted by atomic mass is 16.3. The molecule has 264 valence electrons. The molecule has 0 spiro atoms. The molecule has 0 saturated carbocycles. The van der Waals surface area contributed by atoms with Crippen molar-refractivity contribution in [1.29, 1.82) is 0 Å². The van der Waals surface area contributed by atoms with Gasteiger partial charge in [0.15, 0.2) is 17.5 Å². The number of hydrogen-bond acceptors (Lipinski definition) is 4. The van der Waals surface area contributed by atoms with Gasteiger partial charge in [-0.2, -0.15) is 0 Å². The van der Waals surface area contributed by atoms with Crippen LogP contribution in [0.15, 0.2) is 199 Å². The Bertz CT molecular complexity index is 2990. The monoisotopic (exact) mass is 717 g/mol. The van der Waals surface area contributed by atoms with Crippen LogP contribution in [0.3, 0.4) is 0 Å². The first-order valence-corrected chi connectivity index (χ1v) is 18.8. The third-order valence-corrected chi connectivity index (χ3v) is 10.5. The van der Waals surface area contributed by atoms with Gasteiger partial charge in [0.1, 0.15) is 11.2 Å². The lowest BCUT2D eigenvalue weighted by molar-refractivity contribution is 0.669. The van der Waals surface area contributed by atoms with Crippen LogP contribution in [0, 0.1) is 6.92 Å². The molecule has 0 saturated heterocycles. The molecule has 2 aromatic heterocycles. The maximum Gasteiger partial charge on any atom is 0.164 e. The average molecular weight is 718 g/mol. The zero-order valence-electron chi connectivity index (χ0n) is 30.7.